The molecule has 1 fully saturated rings. The molecule has 2 heterocycles. The molecule has 0 saturated carbocycles. The van der Waals surface area contributed by atoms with Gasteiger partial charge in [-0.25, -0.2) is 0 Å². The summed E-state index contributed by atoms with van der Waals surface area (Å²) in [6, 6.07) is 9.71. The number of piperidine rings is 1. The summed E-state index contributed by atoms with van der Waals surface area (Å²) in [7, 11) is 0. The lowest BCUT2D eigenvalue weighted by atomic mass is 9.90. The van der Waals surface area contributed by atoms with Crippen molar-refractivity contribution in [1.29, 1.82) is 0 Å². The van der Waals surface area contributed by atoms with Gasteiger partial charge < -0.3 is 5.32 Å². The van der Waals surface area contributed by atoms with Crippen LogP contribution < -0.4 is 5.32 Å². The molecule has 0 aliphatic carbocycles. The number of nitrogens with zero attached hydrogens (tertiary/aromatic N) is 1. The summed E-state index contributed by atoms with van der Waals surface area (Å²) in [5, 5.41) is 4.37. The molecular weight excluding hydrogens is 236 g/mol. The van der Waals surface area contributed by atoms with Gasteiger partial charge in [-0.05, 0) is 56.1 Å². The molecule has 1 aromatic heterocycles. The van der Waals surface area contributed by atoms with Crippen LogP contribution >= 0.6 is 0 Å². The second-order valence-electron chi connectivity index (χ2n) is 5.23. The van der Waals surface area contributed by atoms with Crippen molar-refractivity contribution in [3.63, 3.8) is 0 Å². The summed E-state index contributed by atoms with van der Waals surface area (Å²) in [5.74, 6) is 0.802. The van der Waals surface area contributed by atoms with Crippen LogP contribution in [0.5, 0.6) is 0 Å². The van der Waals surface area contributed by atoms with Crippen molar-refractivity contribution in [3.8, 4) is 0 Å². The molecule has 3 rings (SSSR count). The summed E-state index contributed by atoms with van der Waals surface area (Å²) in [5.41, 5.74) is 1.76. The molecule has 0 spiro atoms. The van der Waals surface area contributed by atoms with Crippen molar-refractivity contribution in [1.82, 2.24) is 10.3 Å². The van der Waals surface area contributed by atoms with Gasteiger partial charge in [0.25, 0.3) is 0 Å². The fourth-order valence-corrected chi connectivity index (χ4v) is 2.71. The Kier molecular flexibility index (Phi) is 3.56. The maximum atomic E-state index is 12.3. The molecule has 1 N–H and O–H groups in total. The molecule has 1 aromatic carbocycles. The van der Waals surface area contributed by atoms with Gasteiger partial charge in [0.1, 0.15) is 0 Å². The number of nitrogens with one attached hydrogen (secondary N) is 1. The molecule has 3 heteroatoms. The maximum absolute atomic E-state index is 12.3. The molecule has 0 bridgehead atoms. The van der Waals surface area contributed by atoms with Crippen LogP contribution in [0.4, 0.5) is 0 Å². The highest BCUT2D eigenvalue weighted by atomic mass is 16.1. The fourth-order valence-electron chi connectivity index (χ4n) is 2.71. The standard InChI is InChI=1S/C16H18N2O/c19-16(10-12-5-8-17-9-6-12)14-3-4-15-13(11-14)2-1-7-18-15/h1-4,7,11-12,17H,5-6,8-10H2. The molecule has 0 atom stereocenters. The number of Topliss-reactive ketones (excluding diaryl/α,β-unsaturated/α-hetero) is 1. The number of carbonyl (C=O) groups excluding carboxylic acids is 1. The van der Waals surface area contributed by atoms with Crippen molar-refractivity contribution < 1.29 is 4.79 Å². The molecule has 3 nitrogen and oxygen atoms in total. The van der Waals surface area contributed by atoms with Crippen molar-refractivity contribution in [2.24, 2.45) is 5.92 Å². The fraction of sp³-hybridized carbons (Fsp3) is 0.375. The van der Waals surface area contributed by atoms with Crippen molar-refractivity contribution in [2.75, 3.05) is 13.1 Å². The highest BCUT2D eigenvalue weighted by Gasteiger charge is 2.17. The van der Waals surface area contributed by atoms with E-state index in [1.54, 1.807) is 6.20 Å². The molecule has 0 radical (unpaired) electrons. The Morgan fingerprint density at radius 2 is 2.11 bits per heavy atom. The summed E-state index contributed by atoms with van der Waals surface area (Å²) in [6.07, 6.45) is 4.67. The second kappa shape index (κ2) is 5.49. The molecule has 0 amide bonds. The van der Waals surface area contributed by atoms with Crippen LogP contribution in [0.1, 0.15) is 29.6 Å². The zero-order valence-electron chi connectivity index (χ0n) is 10.9. The number of pyridine rings is 1. The first-order valence-electron chi connectivity index (χ1n) is 6.91. The monoisotopic (exact) mass is 254 g/mol. The number of fused-ring (bicyclic) bond motifs is 1. The Bertz CT molecular complexity index is 588. The number of hydrogen-bond donors (Lipinski definition) is 1. The van der Waals surface area contributed by atoms with Crippen LogP contribution in [-0.2, 0) is 0 Å². The van der Waals surface area contributed by atoms with Gasteiger partial charge in [-0.1, -0.05) is 6.07 Å². The Morgan fingerprint density at radius 3 is 2.95 bits per heavy atom. The SMILES string of the molecule is O=C(CC1CCNCC1)c1ccc2ncccc2c1. The van der Waals surface area contributed by atoms with Crippen LogP contribution in [0.2, 0.25) is 0 Å². The van der Waals surface area contributed by atoms with Gasteiger partial charge in [0.2, 0.25) is 0 Å². The Labute approximate surface area is 113 Å². The maximum Gasteiger partial charge on any atom is 0.163 e. The predicted molar refractivity (Wildman–Crippen MR) is 76.3 cm³/mol. The topological polar surface area (TPSA) is 42.0 Å². The third kappa shape index (κ3) is 2.82. The van der Waals surface area contributed by atoms with Crippen molar-refractivity contribution in [2.45, 2.75) is 19.3 Å². The first-order chi connectivity index (χ1) is 9.33. The summed E-state index contributed by atoms with van der Waals surface area (Å²) in [4.78, 5) is 16.6. The van der Waals surface area contributed by atoms with Gasteiger partial charge in [0.05, 0.1) is 5.52 Å². The average Bonchev–Trinajstić information content (AvgIpc) is 2.48. The molecule has 0 unspecified atom stereocenters. The van der Waals surface area contributed by atoms with E-state index < -0.39 is 0 Å². The van der Waals surface area contributed by atoms with E-state index in [2.05, 4.69) is 10.3 Å². The Morgan fingerprint density at radius 1 is 1.26 bits per heavy atom. The van der Waals surface area contributed by atoms with Crippen LogP contribution in [0.25, 0.3) is 10.9 Å². The van der Waals surface area contributed by atoms with E-state index in [9.17, 15) is 4.79 Å². The van der Waals surface area contributed by atoms with Gasteiger partial charge in [-0.15, -0.1) is 0 Å². The first kappa shape index (κ1) is 12.3. The van der Waals surface area contributed by atoms with Gasteiger partial charge in [0, 0.05) is 23.6 Å². The summed E-state index contributed by atoms with van der Waals surface area (Å²) < 4.78 is 0. The Hall–Kier alpha value is -1.74. The number of carbonyl (C=O) groups is 1. The number of benzene rings is 1. The van der Waals surface area contributed by atoms with E-state index in [0.29, 0.717) is 12.3 Å². The van der Waals surface area contributed by atoms with E-state index in [4.69, 9.17) is 0 Å². The van der Waals surface area contributed by atoms with Gasteiger partial charge in [0.15, 0.2) is 5.78 Å². The quantitative estimate of drug-likeness (QED) is 0.856. The third-order valence-corrected chi connectivity index (χ3v) is 3.86. The molecule has 1 aliphatic rings. The lowest BCUT2D eigenvalue weighted by Crippen LogP contribution is -2.28. The van der Waals surface area contributed by atoms with Crippen LogP contribution in [-0.4, -0.2) is 23.9 Å². The minimum absolute atomic E-state index is 0.262. The number of hydrogen-bond acceptors (Lipinski definition) is 3. The minimum atomic E-state index is 0.262. The lowest BCUT2D eigenvalue weighted by molar-refractivity contribution is 0.0952. The summed E-state index contributed by atoms with van der Waals surface area (Å²) in [6.45, 7) is 2.08. The number of aromatic nitrogens is 1. The van der Waals surface area contributed by atoms with Crippen molar-refractivity contribution in [3.05, 3.63) is 42.1 Å². The van der Waals surface area contributed by atoms with E-state index in [1.165, 1.54) is 0 Å². The van der Waals surface area contributed by atoms with E-state index >= 15 is 0 Å². The zero-order chi connectivity index (χ0) is 13.1. The smallest absolute Gasteiger partial charge is 0.163 e. The molecule has 2 aromatic rings. The molecule has 19 heavy (non-hydrogen) atoms. The third-order valence-electron chi connectivity index (χ3n) is 3.86. The second-order valence-corrected chi connectivity index (χ2v) is 5.23. The van der Waals surface area contributed by atoms with Gasteiger partial charge in [-0.2, -0.15) is 0 Å². The Balaban J connectivity index is 1.77. The average molecular weight is 254 g/mol. The van der Waals surface area contributed by atoms with Gasteiger partial charge >= 0.3 is 0 Å². The highest BCUT2D eigenvalue weighted by molar-refractivity contribution is 5.99. The van der Waals surface area contributed by atoms with Crippen LogP contribution in [0.3, 0.4) is 0 Å². The summed E-state index contributed by atoms with van der Waals surface area (Å²) >= 11 is 0. The number of ketones is 1. The molecule has 1 saturated heterocycles. The largest absolute Gasteiger partial charge is 0.317 e. The van der Waals surface area contributed by atoms with Crippen LogP contribution in [0.15, 0.2) is 36.5 Å². The van der Waals surface area contributed by atoms with E-state index in [-0.39, 0.29) is 5.78 Å². The predicted octanol–water partition coefficient (Wildman–Crippen LogP) is 2.81. The molecule has 98 valence electrons. The van der Waals surface area contributed by atoms with Gasteiger partial charge in [-0.3, -0.25) is 9.78 Å². The zero-order valence-corrected chi connectivity index (χ0v) is 10.9. The van der Waals surface area contributed by atoms with E-state index in [1.807, 2.05) is 30.3 Å². The molecule has 1 aliphatic heterocycles. The molecular formula is C16H18N2O. The van der Waals surface area contributed by atoms with E-state index in [0.717, 1.165) is 42.4 Å². The van der Waals surface area contributed by atoms with Crippen LogP contribution in [0, 0.1) is 5.92 Å². The lowest BCUT2D eigenvalue weighted by Gasteiger charge is -2.21. The minimum Gasteiger partial charge on any atom is -0.317 e. The normalized spacial score (nSPS) is 16.6. The highest BCUT2D eigenvalue weighted by Crippen LogP contribution is 2.20. The number of rotatable bonds is 3. The van der Waals surface area contributed by atoms with Crippen molar-refractivity contribution >= 4 is 16.7 Å². The first-order valence-corrected chi connectivity index (χ1v) is 6.91.